The van der Waals surface area contributed by atoms with Crippen LogP contribution >= 0.6 is 0 Å². The third-order valence-corrected chi connectivity index (χ3v) is 11.2. The van der Waals surface area contributed by atoms with Gasteiger partial charge < -0.3 is 14.5 Å². The number of Topliss-reactive ketones (excluding diaryl/α,β-unsaturated/α-hetero) is 1. The molecule has 3 aromatic rings. The van der Waals surface area contributed by atoms with Crippen molar-refractivity contribution in [3.63, 3.8) is 0 Å². The number of hydrogen-bond acceptors (Lipinski definition) is 5. The van der Waals surface area contributed by atoms with E-state index in [2.05, 4.69) is 22.5 Å². The number of hydrogen-bond donors (Lipinski definition) is 1. The summed E-state index contributed by atoms with van der Waals surface area (Å²) in [4.78, 5) is 31.0. The molecule has 0 bridgehead atoms. The molecule has 4 heterocycles. The van der Waals surface area contributed by atoms with Gasteiger partial charge in [0.25, 0.3) is 5.56 Å². The SMILES string of the molecule is Cc1cc(C)c(CCC(=O)c2c(C)n([C@H](C)C3CCN(S(=O)(=O)C4CN(C)C4)CC3)c3ccccc23)c(=O)[nH]1. The number of benzene rings is 1. The maximum Gasteiger partial charge on any atom is 0.251 e. The number of para-hydroxylation sites is 1. The second-order valence-electron chi connectivity index (χ2n) is 11.6. The predicted octanol–water partition coefficient (Wildman–Crippen LogP) is 3.99. The molecular formula is C30H40N4O4S. The number of H-pyrrole nitrogens is 1. The van der Waals surface area contributed by atoms with Gasteiger partial charge in [0, 0.05) is 72.1 Å². The van der Waals surface area contributed by atoms with E-state index in [9.17, 15) is 18.0 Å². The van der Waals surface area contributed by atoms with Crippen molar-refractivity contribution < 1.29 is 13.2 Å². The van der Waals surface area contributed by atoms with E-state index in [1.165, 1.54) is 0 Å². The average Bonchev–Trinajstić information content (AvgIpc) is 3.17. The van der Waals surface area contributed by atoms with Crippen LogP contribution in [0.4, 0.5) is 0 Å². The molecule has 1 atom stereocenters. The lowest BCUT2D eigenvalue weighted by Gasteiger charge is -2.41. The minimum absolute atomic E-state index is 0.0420. The molecule has 2 aliphatic heterocycles. The third-order valence-electron chi connectivity index (χ3n) is 8.93. The molecule has 1 N–H and O–H groups in total. The van der Waals surface area contributed by atoms with Crippen LogP contribution in [-0.4, -0.2) is 71.4 Å². The van der Waals surface area contributed by atoms with E-state index in [-0.39, 0.29) is 29.1 Å². The van der Waals surface area contributed by atoms with Gasteiger partial charge in [0.2, 0.25) is 10.0 Å². The van der Waals surface area contributed by atoms with Crippen LogP contribution in [0, 0.1) is 26.7 Å². The summed E-state index contributed by atoms with van der Waals surface area (Å²) in [6.07, 6.45) is 2.27. The molecular weight excluding hydrogens is 512 g/mol. The molecule has 2 aromatic heterocycles. The third kappa shape index (κ3) is 5.12. The summed E-state index contributed by atoms with van der Waals surface area (Å²) in [6, 6.07) is 10.1. The lowest BCUT2D eigenvalue weighted by Crippen LogP contribution is -2.57. The van der Waals surface area contributed by atoms with Gasteiger partial charge in [0.05, 0.1) is 0 Å². The Hall–Kier alpha value is -2.75. The number of nitrogens with one attached hydrogen (secondary N) is 1. The van der Waals surface area contributed by atoms with E-state index in [1.54, 1.807) is 4.31 Å². The number of aryl methyl sites for hydroxylation is 2. The number of piperidine rings is 1. The Morgan fingerprint density at radius 1 is 1.10 bits per heavy atom. The highest BCUT2D eigenvalue weighted by atomic mass is 32.2. The van der Waals surface area contributed by atoms with Gasteiger partial charge in [-0.05, 0) is 77.6 Å². The lowest BCUT2D eigenvalue weighted by atomic mass is 9.91. The van der Waals surface area contributed by atoms with Crippen LogP contribution in [-0.2, 0) is 16.4 Å². The normalized spacial score (nSPS) is 18.9. The van der Waals surface area contributed by atoms with Crippen molar-refractivity contribution in [3.8, 4) is 0 Å². The Bertz CT molecular complexity index is 1560. The van der Waals surface area contributed by atoms with Crippen LogP contribution in [0.5, 0.6) is 0 Å². The summed E-state index contributed by atoms with van der Waals surface area (Å²) in [7, 11) is -1.29. The summed E-state index contributed by atoms with van der Waals surface area (Å²) >= 11 is 0. The molecule has 2 fully saturated rings. The van der Waals surface area contributed by atoms with Crippen molar-refractivity contribution in [2.45, 2.75) is 64.7 Å². The predicted molar refractivity (Wildman–Crippen MR) is 155 cm³/mol. The topological polar surface area (TPSA) is 95.5 Å². The number of nitrogens with zero attached hydrogens (tertiary/aromatic N) is 3. The van der Waals surface area contributed by atoms with Crippen molar-refractivity contribution in [3.05, 3.63) is 68.8 Å². The Kier molecular flexibility index (Phi) is 7.61. The van der Waals surface area contributed by atoms with E-state index < -0.39 is 10.0 Å². The zero-order chi connectivity index (χ0) is 28.1. The van der Waals surface area contributed by atoms with Crippen molar-refractivity contribution in [1.82, 2.24) is 18.8 Å². The lowest BCUT2D eigenvalue weighted by molar-refractivity contribution is 0.0983. The molecule has 0 spiro atoms. The van der Waals surface area contributed by atoms with Crippen molar-refractivity contribution >= 4 is 26.7 Å². The Morgan fingerprint density at radius 2 is 1.77 bits per heavy atom. The molecule has 39 heavy (non-hydrogen) atoms. The molecule has 0 amide bonds. The fraction of sp³-hybridized carbons (Fsp3) is 0.533. The first kappa shape index (κ1) is 27.8. The van der Waals surface area contributed by atoms with Crippen molar-refractivity contribution in [1.29, 1.82) is 0 Å². The molecule has 1 aromatic carbocycles. The van der Waals surface area contributed by atoms with Gasteiger partial charge in [0.15, 0.2) is 5.78 Å². The highest BCUT2D eigenvalue weighted by Gasteiger charge is 2.41. The number of carbonyl (C=O) groups is 1. The maximum absolute atomic E-state index is 13.6. The first-order chi connectivity index (χ1) is 18.5. The van der Waals surface area contributed by atoms with Gasteiger partial charge in [-0.15, -0.1) is 0 Å². The maximum atomic E-state index is 13.6. The molecule has 0 radical (unpaired) electrons. The highest BCUT2D eigenvalue weighted by Crippen LogP contribution is 2.37. The summed E-state index contributed by atoms with van der Waals surface area (Å²) in [5.41, 5.74) is 4.98. The van der Waals surface area contributed by atoms with Crippen LogP contribution in [0.2, 0.25) is 0 Å². The van der Waals surface area contributed by atoms with E-state index in [1.807, 2.05) is 57.0 Å². The largest absolute Gasteiger partial charge is 0.341 e. The summed E-state index contributed by atoms with van der Waals surface area (Å²) in [5.74, 6) is 0.354. The fourth-order valence-corrected chi connectivity index (χ4v) is 8.72. The standard InChI is InChI=1S/C30H40N4O4S/c1-19-16-20(2)31-30(36)25(19)10-11-28(35)29-22(4)34(27-9-7-6-8-26(27)29)21(3)23-12-14-33(15-13-23)39(37,38)24-17-32(5)18-24/h6-9,16,21,23-24H,10-15,17-18H2,1-5H3,(H,31,36)/t21-/m1/s1. The highest BCUT2D eigenvalue weighted by molar-refractivity contribution is 7.89. The number of ketones is 1. The summed E-state index contributed by atoms with van der Waals surface area (Å²) < 4.78 is 30.0. The van der Waals surface area contributed by atoms with Gasteiger partial charge in [-0.25, -0.2) is 12.7 Å². The van der Waals surface area contributed by atoms with E-state index in [0.29, 0.717) is 44.1 Å². The minimum atomic E-state index is -3.24. The second-order valence-corrected chi connectivity index (χ2v) is 13.8. The zero-order valence-electron chi connectivity index (χ0n) is 23.7. The Morgan fingerprint density at radius 3 is 2.41 bits per heavy atom. The first-order valence-corrected chi connectivity index (χ1v) is 15.5. The van der Waals surface area contributed by atoms with Crippen LogP contribution in [0.25, 0.3) is 10.9 Å². The number of rotatable bonds is 8. The molecule has 5 rings (SSSR count). The average molecular weight is 553 g/mol. The number of aromatic amines is 1. The van der Waals surface area contributed by atoms with E-state index in [4.69, 9.17) is 0 Å². The van der Waals surface area contributed by atoms with E-state index in [0.717, 1.165) is 46.3 Å². The molecule has 0 aliphatic carbocycles. The monoisotopic (exact) mass is 552 g/mol. The van der Waals surface area contributed by atoms with E-state index >= 15 is 0 Å². The van der Waals surface area contributed by atoms with Gasteiger partial charge in [-0.3, -0.25) is 9.59 Å². The molecule has 0 unspecified atom stereocenters. The van der Waals surface area contributed by atoms with Crippen LogP contribution in [0.3, 0.4) is 0 Å². The van der Waals surface area contributed by atoms with Gasteiger partial charge in [-0.2, -0.15) is 0 Å². The second kappa shape index (κ2) is 10.7. The van der Waals surface area contributed by atoms with Crippen LogP contribution in [0.1, 0.15) is 65.1 Å². The van der Waals surface area contributed by atoms with Crippen LogP contribution < -0.4 is 5.56 Å². The molecule has 9 heteroatoms. The Balaban J connectivity index is 1.35. The van der Waals surface area contributed by atoms with Gasteiger partial charge in [0.1, 0.15) is 5.25 Å². The zero-order valence-corrected chi connectivity index (χ0v) is 24.5. The quantitative estimate of drug-likeness (QED) is 0.427. The smallest absolute Gasteiger partial charge is 0.251 e. The minimum Gasteiger partial charge on any atom is -0.341 e. The fourth-order valence-electron chi connectivity index (χ4n) is 6.69. The number of aromatic nitrogens is 2. The first-order valence-electron chi connectivity index (χ1n) is 14.0. The van der Waals surface area contributed by atoms with Crippen molar-refractivity contribution in [2.24, 2.45) is 5.92 Å². The molecule has 0 saturated carbocycles. The number of carbonyl (C=O) groups excluding carboxylic acids is 1. The van der Waals surface area contributed by atoms with Crippen LogP contribution in [0.15, 0.2) is 35.1 Å². The van der Waals surface area contributed by atoms with Crippen molar-refractivity contribution in [2.75, 3.05) is 33.2 Å². The summed E-state index contributed by atoms with van der Waals surface area (Å²) in [5, 5.41) is 0.662. The molecule has 2 aliphatic rings. The molecule has 2 saturated heterocycles. The number of fused-ring (bicyclic) bond motifs is 1. The summed E-state index contributed by atoms with van der Waals surface area (Å²) in [6.45, 7) is 10.3. The van der Waals surface area contributed by atoms with Gasteiger partial charge in [-0.1, -0.05) is 18.2 Å². The Labute approximate surface area is 231 Å². The van der Waals surface area contributed by atoms with Gasteiger partial charge >= 0.3 is 0 Å². The molecule has 210 valence electrons. The number of likely N-dealkylation sites (tertiary alicyclic amines) is 1. The number of pyridine rings is 1. The number of sulfonamides is 1. The molecule has 8 nitrogen and oxygen atoms in total.